The monoisotopic (exact) mass is 268 g/mol. The van der Waals surface area contributed by atoms with Crippen molar-refractivity contribution in [2.45, 2.75) is 32.7 Å². The van der Waals surface area contributed by atoms with Crippen LogP contribution >= 0.6 is 12.4 Å². The molecule has 0 unspecified atom stereocenters. The first-order valence-electron chi connectivity index (χ1n) is 6.25. The van der Waals surface area contributed by atoms with Gasteiger partial charge in [0.25, 0.3) is 5.91 Å². The van der Waals surface area contributed by atoms with E-state index in [-0.39, 0.29) is 18.3 Å². The summed E-state index contributed by atoms with van der Waals surface area (Å²) >= 11 is 0. The van der Waals surface area contributed by atoms with Crippen LogP contribution in [0.15, 0.2) is 18.2 Å². The molecule has 1 heterocycles. The van der Waals surface area contributed by atoms with Crippen LogP contribution in [0.25, 0.3) is 0 Å². The molecule has 0 aromatic heterocycles. The van der Waals surface area contributed by atoms with Crippen molar-refractivity contribution < 1.29 is 4.79 Å². The van der Waals surface area contributed by atoms with Crippen molar-refractivity contribution in [3.05, 3.63) is 34.9 Å². The van der Waals surface area contributed by atoms with Gasteiger partial charge in [-0.25, -0.2) is 0 Å². The third-order valence-electron chi connectivity index (χ3n) is 3.30. The first kappa shape index (κ1) is 15.0. The van der Waals surface area contributed by atoms with Crippen LogP contribution in [0.4, 0.5) is 0 Å². The quantitative estimate of drug-likeness (QED) is 0.864. The van der Waals surface area contributed by atoms with Gasteiger partial charge in [0, 0.05) is 11.6 Å². The Bertz CT molecular complexity index is 414. The van der Waals surface area contributed by atoms with Crippen molar-refractivity contribution in [1.29, 1.82) is 0 Å². The second-order valence-corrected chi connectivity index (χ2v) is 4.82. The Morgan fingerprint density at radius 2 is 1.94 bits per heavy atom. The van der Waals surface area contributed by atoms with Crippen molar-refractivity contribution in [3.8, 4) is 0 Å². The topological polar surface area (TPSA) is 41.1 Å². The molecule has 18 heavy (non-hydrogen) atoms. The van der Waals surface area contributed by atoms with E-state index in [4.69, 9.17) is 0 Å². The molecule has 2 N–H and O–H groups in total. The molecule has 1 saturated heterocycles. The van der Waals surface area contributed by atoms with E-state index in [1.165, 1.54) is 5.56 Å². The van der Waals surface area contributed by atoms with Crippen LogP contribution in [0.2, 0.25) is 0 Å². The zero-order chi connectivity index (χ0) is 12.3. The number of nitrogens with one attached hydrogen (secondary N) is 2. The van der Waals surface area contributed by atoms with E-state index in [1.807, 2.05) is 26.0 Å². The standard InChI is InChI=1S/C14H20N2O.ClH/c1-10-3-4-13(11(2)9-10)14(17)16-12-5-7-15-8-6-12;/h3-4,9,12,15H,5-8H2,1-2H3,(H,16,17);1H. The minimum Gasteiger partial charge on any atom is -0.349 e. The molecule has 1 aliphatic heterocycles. The number of aryl methyl sites for hydroxylation is 2. The van der Waals surface area contributed by atoms with Crippen molar-refractivity contribution in [2.24, 2.45) is 0 Å². The maximum absolute atomic E-state index is 12.1. The SMILES string of the molecule is Cc1ccc(C(=O)NC2CCNCC2)c(C)c1.Cl. The summed E-state index contributed by atoms with van der Waals surface area (Å²) in [6.45, 7) is 6.03. The summed E-state index contributed by atoms with van der Waals surface area (Å²) in [5.74, 6) is 0.0643. The summed E-state index contributed by atoms with van der Waals surface area (Å²) in [5, 5.41) is 6.41. The summed E-state index contributed by atoms with van der Waals surface area (Å²) in [7, 11) is 0. The van der Waals surface area contributed by atoms with Gasteiger partial charge in [0.15, 0.2) is 0 Å². The summed E-state index contributed by atoms with van der Waals surface area (Å²) in [6, 6.07) is 6.28. The highest BCUT2D eigenvalue weighted by atomic mass is 35.5. The normalized spacial score (nSPS) is 15.9. The Labute approximate surface area is 115 Å². The van der Waals surface area contributed by atoms with Crippen LogP contribution in [0.1, 0.15) is 34.3 Å². The molecule has 0 radical (unpaired) electrons. The van der Waals surface area contributed by atoms with Gasteiger partial charge in [0.1, 0.15) is 0 Å². The molecule has 1 fully saturated rings. The molecular weight excluding hydrogens is 248 g/mol. The first-order valence-corrected chi connectivity index (χ1v) is 6.25. The number of benzene rings is 1. The fourth-order valence-corrected chi connectivity index (χ4v) is 2.30. The number of amides is 1. The summed E-state index contributed by atoms with van der Waals surface area (Å²) in [6.07, 6.45) is 2.05. The molecule has 0 saturated carbocycles. The summed E-state index contributed by atoms with van der Waals surface area (Å²) in [5.41, 5.74) is 3.05. The minimum atomic E-state index is 0. The average molecular weight is 269 g/mol. The van der Waals surface area contributed by atoms with Crippen LogP contribution in [-0.4, -0.2) is 25.0 Å². The molecule has 0 spiro atoms. The number of hydrogen-bond acceptors (Lipinski definition) is 2. The van der Waals surface area contributed by atoms with Crippen molar-refractivity contribution in [3.63, 3.8) is 0 Å². The van der Waals surface area contributed by atoms with Gasteiger partial charge in [0.2, 0.25) is 0 Å². The van der Waals surface area contributed by atoms with Gasteiger partial charge in [-0.05, 0) is 51.4 Å². The predicted octanol–water partition coefficient (Wildman–Crippen LogP) is 2.21. The number of rotatable bonds is 2. The van der Waals surface area contributed by atoms with E-state index in [0.29, 0.717) is 6.04 Å². The first-order chi connectivity index (χ1) is 8.16. The second-order valence-electron chi connectivity index (χ2n) is 4.82. The van der Waals surface area contributed by atoms with Crippen molar-refractivity contribution in [2.75, 3.05) is 13.1 Å². The van der Waals surface area contributed by atoms with Gasteiger partial charge in [-0.2, -0.15) is 0 Å². The average Bonchev–Trinajstić information content (AvgIpc) is 2.30. The Balaban J connectivity index is 0.00000162. The van der Waals surface area contributed by atoms with Crippen LogP contribution < -0.4 is 10.6 Å². The molecular formula is C14H21ClN2O. The Morgan fingerprint density at radius 1 is 1.28 bits per heavy atom. The maximum atomic E-state index is 12.1. The molecule has 0 bridgehead atoms. The lowest BCUT2D eigenvalue weighted by molar-refractivity contribution is 0.0929. The lowest BCUT2D eigenvalue weighted by Crippen LogP contribution is -2.42. The van der Waals surface area contributed by atoms with Gasteiger partial charge in [-0.1, -0.05) is 17.7 Å². The zero-order valence-corrected chi connectivity index (χ0v) is 11.8. The van der Waals surface area contributed by atoms with E-state index in [0.717, 1.165) is 37.1 Å². The van der Waals surface area contributed by atoms with Gasteiger partial charge in [-0.3, -0.25) is 4.79 Å². The number of carbonyl (C=O) groups excluding carboxylic acids is 1. The molecule has 0 atom stereocenters. The molecule has 1 amide bonds. The lowest BCUT2D eigenvalue weighted by Gasteiger charge is -2.24. The number of hydrogen-bond donors (Lipinski definition) is 2. The van der Waals surface area contributed by atoms with E-state index < -0.39 is 0 Å². The summed E-state index contributed by atoms with van der Waals surface area (Å²) < 4.78 is 0. The van der Waals surface area contributed by atoms with Crippen molar-refractivity contribution >= 4 is 18.3 Å². The van der Waals surface area contributed by atoms with E-state index in [1.54, 1.807) is 0 Å². The lowest BCUT2D eigenvalue weighted by atomic mass is 10.0. The van der Waals surface area contributed by atoms with Gasteiger partial charge < -0.3 is 10.6 Å². The smallest absolute Gasteiger partial charge is 0.251 e. The Hall–Kier alpha value is -1.06. The van der Waals surface area contributed by atoms with Crippen LogP contribution in [0.5, 0.6) is 0 Å². The third-order valence-corrected chi connectivity index (χ3v) is 3.30. The highest BCUT2D eigenvalue weighted by Gasteiger charge is 2.17. The number of carbonyl (C=O) groups is 1. The van der Waals surface area contributed by atoms with E-state index in [9.17, 15) is 4.79 Å². The van der Waals surface area contributed by atoms with Gasteiger partial charge >= 0.3 is 0 Å². The largest absolute Gasteiger partial charge is 0.349 e. The maximum Gasteiger partial charge on any atom is 0.251 e. The van der Waals surface area contributed by atoms with Crippen LogP contribution in [0.3, 0.4) is 0 Å². The van der Waals surface area contributed by atoms with Crippen molar-refractivity contribution in [1.82, 2.24) is 10.6 Å². The highest BCUT2D eigenvalue weighted by Crippen LogP contribution is 2.11. The van der Waals surface area contributed by atoms with Crippen LogP contribution in [0, 0.1) is 13.8 Å². The second kappa shape index (κ2) is 6.76. The molecule has 0 aliphatic carbocycles. The van der Waals surface area contributed by atoms with E-state index in [2.05, 4.69) is 16.7 Å². The predicted molar refractivity (Wildman–Crippen MR) is 76.5 cm³/mol. The zero-order valence-electron chi connectivity index (χ0n) is 11.0. The minimum absolute atomic E-state index is 0. The van der Waals surface area contributed by atoms with Crippen LogP contribution in [-0.2, 0) is 0 Å². The summed E-state index contributed by atoms with van der Waals surface area (Å²) in [4.78, 5) is 12.1. The molecule has 1 aromatic carbocycles. The fraction of sp³-hybridized carbons (Fsp3) is 0.500. The number of piperidine rings is 1. The Kier molecular flexibility index (Phi) is 5.63. The molecule has 1 aromatic rings. The third kappa shape index (κ3) is 3.72. The molecule has 2 rings (SSSR count). The fourth-order valence-electron chi connectivity index (χ4n) is 2.30. The molecule has 4 heteroatoms. The Morgan fingerprint density at radius 3 is 2.56 bits per heavy atom. The molecule has 100 valence electrons. The highest BCUT2D eigenvalue weighted by molar-refractivity contribution is 5.95. The van der Waals surface area contributed by atoms with Gasteiger partial charge in [-0.15, -0.1) is 12.4 Å². The molecule has 1 aliphatic rings. The number of halogens is 1. The van der Waals surface area contributed by atoms with E-state index >= 15 is 0 Å². The molecule has 3 nitrogen and oxygen atoms in total. The van der Waals surface area contributed by atoms with Gasteiger partial charge in [0.05, 0.1) is 0 Å².